The fourth-order valence-corrected chi connectivity index (χ4v) is 4.75. The van der Waals surface area contributed by atoms with E-state index in [0.29, 0.717) is 28.9 Å². The molecule has 2 N–H and O–H groups in total. The Morgan fingerprint density at radius 3 is 2.49 bits per heavy atom. The molecule has 0 aliphatic carbocycles. The Morgan fingerprint density at radius 2 is 1.72 bits per heavy atom. The minimum atomic E-state index is -0.462. The number of aryl methyl sites for hydroxylation is 1. The molecule has 3 aromatic heterocycles. The van der Waals surface area contributed by atoms with Crippen LogP contribution in [0.3, 0.4) is 0 Å². The minimum absolute atomic E-state index is 0.214. The van der Waals surface area contributed by atoms with E-state index >= 15 is 0 Å². The number of nitrogens with zero attached hydrogens (tertiary/aromatic N) is 5. The average molecular weight is 527 g/mol. The monoisotopic (exact) mass is 526 g/mol. The van der Waals surface area contributed by atoms with Gasteiger partial charge in [-0.15, -0.1) is 0 Å². The lowest BCUT2D eigenvalue weighted by molar-refractivity contribution is 0.0706. The van der Waals surface area contributed by atoms with Crippen LogP contribution in [-0.4, -0.2) is 37.7 Å². The number of rotatable bonds is 7. The van der Waals surface area contributed by atoms with Gasteiger partial charge in [0.25, 0.3) is 0 Å². The summed E-state index contributed by atoms with van der Waals surface area (Å²) >= 11 is 0. The van der Waals surface area contributed by atoms with Crippen LogP contribution in [0.25, 0.3) is 22.2 Å². The second-order valence-corrected chi connectivity index (χ2v) is 9.43. The van der Waals surface area contributed by atoms with E-state index in [1.807, 2.05) is 31.2 Å². The quantitative estimate of drug-likeness (QED) is 0.290. The van der Waals surface area contributed by atoms with Crippen LogP contribution in [0.1, 0.15) is 30.3 Å². The number of halogens is 1. The molecule has 0 unspecified atom stereocenters. The highest BCUT2D eigenvalue weighted by Gasteiger charge is 2.22. The van der Waals surface area contributed by atoms with E-state index in [1.165, 1.54) is 18.5 Å². The number of aromatic nitrogens is 5. The first-order valence-corrected chi connectivity index (χ1v) is 12.7. The SMILES string of the molecule is Cc1ncc(COc2cc(F)cc(Oc3ccc(-c4cn(C5CCOCC5)c5ncnc(N)c45)cc3)c2)cn1. The predicted molar refractivity (Wildman–Crippen MR) is 144 cm³/mol. The first-order chi connectivity index (χ1) is 19.0. The number of ether oxygens (including phenoxy) is 3. The van der Waals surface area contributed by atoms with Crippen molar-refractivity contribution in [1.82, 2.24) is 24.5 Å². The number of hydrogen-bond acceptors (Lipinski definition) is 8. The molecule has 0 bridgehead atoms. The van der Waals surface area contributed by atoms with E-state index in [9.17, 15) is 4.39 Å². The topological polar surface area (TPSA) is 110 Å². The smallest absolute Gasteiger partial charge is 0.146 e. The van der Waals surface area contributed by atoms with Crippen LogP contribution in [0.5, 0.6) is 17.2 Å². The first-order valence-electron chi connectivity index (χ1n) is 12.7. The van der Waals surface area contributed by atoms with E-state index < -0.39 is 5.82 Å². The summed E-state index contributed by atoms with van der Waals surface area (Å²) < 4.78 is 33.7. The summed E-state index contributed by atoms with van der Waals surface area (Å²) in [5.74, 6) is 1.87. The van der Waals surface area contributed by atoms with Crippen LogP contribution in [0.4, 0.5) is 10.2 Å². The summed E-state index contributed by atoms with van der Waals surface area (Å²) in [4.78, 5) is 17.1. The fourth-order valence-electron chi connectivity index (χ4n) is 4.75. The van der Waals surface area contributed by atoms with Gasteiger partial charge in [-0.05, 0) is 37.5 Å². The van der Waals surface area contributed by atoms with Gasteiger partial charge < -0.3 is 24.5 Å². The van der Waals surface area contributed by atoms with Gasteiger partial charge in [-0.25, -0.2) is 24.3 Å². The summed E-state index contributed by atoms with van der Waals surface area (Å²) in [6.07, 6.45) is 8.79. The van der Waals surface area contributed by atoms with Crippen LogP contribution in [0, 0.1) is 12.7 Å². The van der Waals surface area contributed by atoms with Gasteiger partial charge in [0.05, 0.1) is 5.39 Å². The molecule has 9 nitrogen and oxygen atoms in total. The highest BCUT2D eigenvalue weighted by atomic mass is 19.1. The molecule has 1 fully saturated rings. The maximum absolute atomic E-state index is 14.3. The molecule has 10 heteroatoms. The maximum Gasteiger partial charge on any atom is 0.146 e. The molecule has 198 valence electrons. The fraction of sp³-hybridized carbons (Fsp3) is 0.241. The average Bonchev–Trinajstić information content (AvgIpc) is 3.34. The Kier molecular flexibility index (Phi) is 6.76. The molecule has 1 saturated heterocycles. The Morgan fingerprint density at radius 1 is 0.974 bits per heavy atom. The van der Waals surface area contributed by atoms with Crippen molar-refractivity contribution in [2.45, 2.75) is 32.4 Å². The highest BCUT2D eigenvalue weighted by Crippen LogP contribution is 2.37. The molecule has 0 spiro atoms. The standard InChI is InChI=1S/C29H27FN6O3/c1-18-32-13-19(14-33-18)16-38-24-10-21(30)11-25(12-24)39-23-4-2-20(3-5-23)26-15-36(22-6-8-37-9-7-22)29-27(26)28(31)34-17-35-29/h2-5,10-15,17,22H,6-9,16H2,1H3,(H2,31,34,35). The van der Waals surface area contributed by atoms with Crippen molar-refractivity contribution < 1.29 is 18.6 Å². The summed E-state index contributed by atoms with van der Waals surface area (Å²) in [7, 11) is 0. The molecule has 1 aliphatic heterocycles. The van der Waals surface area contributed by atoms with Crippen LogP contribution in [-0.2, 0) is 11.3 Å². The minimum Gasteiger partial charge on any atom is -0.489 e. The first kappa shape index (κ1) is 24.7. The van der Waals surface area contributed by atoms with E-state index in [4.69, 9.17) is 19.9 Å². The Labute approximate surface area is 224 Å². The van der Waals surface area contributed by atoms with Gasteiger partial charge in [0.2, 0.25) is 0 Å². The van der Waals surface area contributed by atoms with Gasteiger partial charge in [0.15, 0.2) is 0 Å². The molecule has 0 amide bonds. The summed E-state index contributed by atoms with van der Waals surface area (Å²) in [5.41, 5.74) is 9.79. The van der Waals surface area contributed by atoms with Crippen LogP contribution < -0.4 is 15.2 Å². The largest absolute Gasteiger partial charge is 0.489 e. The van der Waals surface area contributed by atoms with Crippen molar-refractivity contribution in [2.75, 3.05) is 18.9 Å². The molecule has 0 radical (unpaired) electrons. The molecule has 5 aromatic rings. The van der Waals surface area contributed by atoms with E-state index in [2.05, 4.69) is 30.7 Å². The van der Waals surface area contributed by atoms with Crippen molar-refractivity contribution in [1.29, 1.82) is 0 Å². The van der Waals surface area contributed by atoms with Crippen molar-refractivity contribution in [3.63, 3.8) is 0 Å². The Bertz CT molecular complexity index is 1600. The van der Waals surface area contributed by atoms with Gasteiger partial charge in [-0.3, -0.25) is 0 Å². The number of benzene rings is 2. The molecule has 39 heavy (non-hydrogen) atoms. The maximum atomic E-state index is 14.3. The number of fused-ring (bicyclic) bond motifs is 1. The molecule has 1 aliphatic rings. The van der Waals surface area contributed by atoms with Crippen molar-refractivity contribution in [3.8, 4) is 28.4 Å². The second-order valence-electron chi connectivity index (χ2n) is 9.43. The van der Waals surface area contributed by atoms with Gasteiger partial charge >= 0.3 is 0 Å². The third kappa shape index (κ3) is 5.37. The van der Waals surface area contributed by atoms with E-state index in [0.717, 1.165) is 53.8 Å². The lowest BCUT2D eigenvalue weighted by Crippen LogP contribution is -2.19. The Balaban J connectivity index is 1.22. The Hall–Kier alpha value is -4.57. The molecule has 0 saturated carbocycles. The molecule has 0 atom stereocenters. The van der Waals surface area contributed by atoms with Gasteiger partial charge in [0.1, 0.15) is 53.3 Å². The van der Waals surface area contributed by atoms with Gasteiger partial charge in [-0.1, -0.05) is 12.1 Å². The van der Waals surface area contributed by atoms with Crippen molar-refractivity contribution in [3.05, 3.63) is 84.6 Å². The number of nitrogens with two attached hydrogens (primary N) is 1. The molecule has 4 heterocycles. The lowest BCUT2D eigenvalue weighted by atomic mass is 10.1. The van der Waals surface area contributed by atoms with E-state index in [-0.39, 0.29) is 12.6 Å². The van der Waals surface area contributed by atoms with Gasteiger partial charge in [0, 0.05) is 67.2 Å². The number of nitrogen functional groups attached to an aromatic ring is 1. The third-order valence-electron chi connectivity index (χ3n) is 6.71. The van der Waals surface area contributed by atoms with Crippen LogP contribution in [0.15, 0.2) is 67.4 Å². The molecular weight excluding hydrogens is 499 g/mol. The predicted octanol–water partition coefficient (Wildman–Crippen LogP) is 5.64. The zero-order valence-electron chi connectivity index (χ0n) is 21.4. The van der Waals surface area contributed by atoms with E-state index in [1.54, 1.807) is 18.5 Å². The second kappa shape index (κ2) is 10.7. The van der Waals surface area contributed by atoms with Crippen LogP contribution in [0.2, 0.25) is 0 Å². The summed E-state index contributed by atoms with van der Waals surface area (Å²) in [6, 6.07) is 12.1. The van der Waals surface area contributed by atoms with Crippen LogP contribution >= 0.6 is 0 Å². The zero-order valence-corrected chi connectivity index (χ0v) is 21.4. The van der Waals surface area contributed by atoms with Crippen molar-refractivity contribution in [2.24, 2.45) is 0 Å². The zero-order chi connectivity index (χ0) is 26.8. The molecule has 2 aromatic carbocycles. The molecule has 6 rings (SSSR count). The normalized spacial score (nSPS) is 14.0. The third-order valence-corrected chi connectivity index (χ3v) is 6.71. The molecular formula is C29H27FN6O3. The van der Waals surface area contributed by atoms with Crippen molar-refractivity contribution >= 4 is 16.9 Å². The summed E-state index contributed by atoms with van der Waals surface area (Å²) in [5, 5.41) is 0.823. The number of anilines is 1. The highest BCUT2D eigenvalue weighted by molar-refractivity contribution is 6.00. The number of hydrogen-bond donors (Lipinski definition) is 1. The lowest BCUT2D eigenvalue weighted by Gasteiger charge is -2.24. The summed E-state index contributed by atoms with van der Waals surface area (Å²) in [6.45, 7) is 3.47. The van der Waals surface area contributed by atoms with Gasteiger partial charge in [-0.2, -0.15) is 0 Å².